The summed E-state index contributed by atoms with van der Waals surface area (Å²) in [6.45, 7) is 4.62. The summed E-state index contributed by atoms with van der Waals surface area (Å²) in [6.07, 6.45) is 0.694. The van der Waals surface area contributed by atoms with Gasteiger partial charge in [-0.3, -0.25) is 4.72 Å². The van der Waals surface area contributed by atoms with Crippen LogP contribution < -0.4 is 15.2 Å². The van der Waals surface area contributed by atoms with Crippen LogP contribution in [-0.4, -0.2) is 53.6 Å². The number of hydrogen-bond donors (Lipinski definition) is 2. The lowest BCUT2D eigenvalue weighted by Crippen LogP contribution is -2.34. The molecule has 1 aliphatic heterocycles. The van der Waals surface area contributed by atoms with E-state index in [0.717, 1.165) is 0 Å². The zero-order chi connectivity index (χ0) is 18.9. The summed E-state index contributed by atoms with van der Waals surface area (Å²) in [7, 11) is -5.87. The molecule has 0 saturated carbocycles. The van der Waals surface area contributed by atoms with Gasteiger partial charge in [-0.05, 0) is 37.4 Å². The number of nitrogens with zero attached hydrogens (tertiary/aromatic N) is 1. The Labute approximate surface area is 149 Å². The molecule has 1 aromatic rings. The zero-order valence-corrected chi connectivity index (χ0v) is 16.3. The third-order valence-electron chi connectivity index (χ3n) is 4.45. The van der Waals surface area contributed by atoms with Gasteiger partial charge in [0.1, 0.15) is 10.6 Å². The van der Waals surface area contributed by atoms with Crippen molar-refractivity contribution >= 4 is 25.7 Å². The molecule has 0 aliphatic carbocycles. The number of nitrogens with two attached hydrogens (primary N) is 1. The van der Waals surface area contributed by atoms with Crippen molar-refractivity contribution in [3.63, 3.8) is 0 Å². The highest BCUT2D eigenvalue weighted by Crippen LogP contribution is 2.36. The van der Waals surface area contributed by atoms with Crippen molar-refractivity contribution in [2.75, 3.05) is 37.2 Å². The van der Waals surface area contributed by atoms with E-state index in [1.165, 1.54) is 36.5 Å². The standard InChI is InChI=1S/C15H25N3O5S2/c1-4-24(19,20)17-12-5-6-14(13(9-12)23-3)25(21,22)18-8-7-15(2,10-16)11-18/h5-6,9,17H,4,7-8,10-11,16H2,1-3H3. The van der Waals surface area contributed by atoms with E-state index in [1.54, 1.807) is 0 Å². The van der Waals surface area contributed by atoms with Crippen molar-refractivity contribution in [3.05, 3.63) is 18.2 Å². The zero-order valence-electron chi connectivity index (χ0n) is 14.6. The van der Waals surface area contributed by atoms with E-state index in [1.807, 2.05) is 6.92 Å². The molecule has 0 spiro atoms. The molecule has 1 saturated heterocycles. The summed E-state index contributed by atoms with van der Waals surface area (Å²) in [5.41, 5.74) is 5.77. The van der Waals surface area contributed by atoms with Gasteiger partial charge in [0.2, 0.25) is 20.0 Å². The number of hydrogen-bond acceptors (Lipinski definition) is 6. The summed E-state index contributed by atoms with van der Waals surface area (Å²) >= 11 is 0. The minimum absolute atomic E-state index is 0.00992. The highest BCUT2D eigenvalue weighted by Gasteiger charge is 2.40. The van der Waals surface area contributed by atoms with Crippen LogP contribution in [0.2, 0.25) is 0 Å². The van der Waals surface area contributed by atoms with Gasteiger partial charge >= 0.3 is 0 Å². The molecule has 10 heteroatoms. The number of nitrogens with one attached hydrogen (secondary N) is 1. The van der Waals surface area contributed by atoms with Crippen LogP contribution in [0.15, 0.2) is 23.1 Å². The summed E-state index contributed by atoms with van der Waals surface area (Å²) in [5, 5.41) is 0. The number of methoxy groups -OCH3 is 1. The molecule has 3 N–H and O–H groups in total. The highest BCUT2D eigenvalue weighted by molar-refractivity contribution is 7.92. The van der Waals surface area contributed by atoms with E-state index in [2.05, 4.69) is 4.72 Å². The Morgan fingerprint density at radius 3 is 2.52 bits per heavy atom. The van der Waals surface area contributed by atoms with Crippen molar-refractivity contribution in [2.24, 2.45) is 11.1 Å². The molecule has 1 aliphatic rings. The van der Waals surface area contributed by atoms with Crippen LogP contribution in [-0.2, 0) is 20.0 Å². The van der Waals surface area contributed by atoms with Gasteiger partial charge < -0.3 is 10.5 Å². The summed E-state index contributed by atoms with van der Waals surface area (Å²) in [4.78, 5) is 0.00992. The lowest BCUT2D eigenvalue weighted by molar-refractivity contribution is 0.348. The van der Waals surface area contributed by atoms with Gasteiger partial charge in [-0.25, -0.2) is 16.8 Å². The third kappa shape index (κ3) is 4.25. The van der Waals surface area contributed by atoms with Crippen molar-refractivity contribution < 1.29 is 21.6 Å². The summed E-state index contributed by atoms with van der Waals surface area (Å²) < 4.78 is 58.2. The second-order valence-corrected chi connectivity index (χ2v) is 10.4. The molecule has 1 atom stereocenters. The fourth-order valence-corrected chi connectivity index (χ4v) is 5.04. The van der Waals surface area contributed by atoms with Gasteiger partial charge in [0.05, 0.1) is 18.6 Å². The molecule has 142 valence electrons. The average molecular weight is 392 g/mol. The number of benzene rings is 1. The molecule has 1 unspecified atom stereocenters. The molecule has 2 rings (SSSR count). The molecule has 0 bridgehead atoms. The molecule has 0 amide bonds. The first-order chi connectivity index (χ1) is 11.6. The van der Waals surface area contributed by atoms with Crippen molar-refractivity contribution in [1.29, 1.82) is 0 Å². The fraction of sp³-hybridized carbons (Fsp3) is 0.600. The summed E-state index contributed by atoms with van der Waals surface area (Å²) in [6, 6.07) is 4.15. The van der Waals surface area contributed by atoms with Gasteiger partial charge in [0.15, 0.2) is 0 Å². The topological polar surface area (TPSA) is 119 Å². The molecule has 8 nitrogen and oxygen atoms in total. The molecule has 25 heavy (non-hydrogen) atoms. The molecular formula is C15H25N3O5S2. The Balaban J connectivity index is 2.36. The van der Waals surface area contributed by atoms with Crippen LogP contribution in [0.3, 0.4) is 0 Å². The summed E-state index contributed by atoms with van der Waals surface area (Å²) in [5.74, 6) is 0.0125. The number of anilines is 1. The second-order valence-electron chi connectivity index (χ2n) is 6.47. The maximum absolute atomic E-state index is 12.9. The smallest absolute Gasteiger partial charge is 0.246 e. The van der Waals surface area contributed by atoms with Crippen LogP contribution in [0.1, 0.15) is 20.3 Å². The Bertz CT molecular complexity index is 839. The first kappa shape index (κ1) is 20.0. The maximum Gasteiger partial charge on any atom is 0.246 e. The van der Waals surface area contributed by atoms with E-state index in [0.29, 0.717) is 26.1 Å². The van der Waals surface area contributed by atoms with E-state index < -0.39 is 20.0 Å². The molecule has 1 fully saturated rings. The highest BCUT2D eigenvalue weighted by atomic mass is 32.2. The average Bonchev–Trinajstić information content (AvgIpc) is 2.98. The van der Waals surface area contributed by atoms with Crippen LogP contribution in [0, 0.1) is 5.41 Å². The Morgan fingerprint density at radius 2 is 2.00 bits per heavy atom. The van der Waals surface area contributed by atoms with Crippen LogP contribution in [0.4, 0.5) is 5.69 Å². The SMILES string of the molecule is CCS(=O)(=O)Nc1ccc(S(=O)(=O)N2CCC(C)(CN)C2)c(OC)c1. The minimum Gasteiger partial charge on any atom is -0.495 e. The lowest BCUT2D eigenvalue weighted by atomic mass is 9.90. The van der Waals surface area contributed by atoms with E-state index in [-0.39, 0.29) is 27.5 Å². The number of sulfonamides is 2. The molecule has 1 aromatic carbocycles. The first-order valence-electron chi connectivity index (χ1n) is 7.96. The monoisotopic (exact) mass is 391 g/mol. The number of rotatable bonds is 7. The predicted octanol–water partition coefficient (Wildman–Crippen LogP) is 0.816. The Kier molecular flexibility index (Phi) is 5.67. The van der Waals surface area contributed by atoms with Crippen molar-refractivity contribution in [1.82, 2.24) is 4.31 Å². The fourth-order valence-electron chi connectivity index (χ4n) is 2.69. The third-order valence-corrected chi connectivity index (χ3v) is 7.64. The van der Waals surface area contributed by atoms with Gasteiger partial charge in [-0.2, -0.15) is 4.31 Å². The minimum atomic E-state index is -3.75. The van der Waals surface area contributed by atoms with Crippen LogP contribution in [0.5, 0.6) is 5.75 Å². The quantitative estimate of drug-likeness (QED) is 0.710. The van der Waals surface area contributed by atoms with E-state index >= 15 is 0 Å². The Hall–Kier alpha value is -1.36. The molecular weight excluding hydrogens is 366 g/mol. The van der Waals surface area contributed by atoms with E-state index in [4.69, 9.17) is 10.5 Å². The second kappa shape index (κ2) is 7.10. The largest absolute Gasteiger partial charge is 0.495 e. The Morgan fingerprint density at radius 1 is 1.32 bits per heavy atom. The van der Waals surface area contributed by atoms with Gasteiger partial charge in [0, 0.05) is 19.2 Å². The van der Waals surface area contributed by atoms with Crippen LogP contribution in [0.25, 0.3) is 0 Å². The lowest BCUT2D eigenvalue weighted by Gasteiger charge is -2.23. The molecule has 0 aromatic heterocycles. The predicted molar refractivity (Wildman–Crippen MR) is 96.6 cm³/mol. The first-order valence-corrected chi connectivity index (χ1v) is 11.0. The van der Waals surface area contributed by atoms with Gasteiger partial charge in [-0.15, -0.1) is 0 Å². The van der Waals surface area contributed by atoms with Crippen molar-refractivity contribution in [2.45, 2.75) is 25.2 Å². The maximum atomic E-state index is 12.9. The molecule has 0 radical (unpaired) electrons. The van der Waals surface area contributed by atoms with Gasteiger partial charge in [0.25, 0.3) is 0 Å². The van der Waals surface area contributed by atoms with E-state index in [9.17, 15) is 16.8 Å². The number of ether oxygens (including phenoxy) is 1. The normalized spacial score (nSPS) is 22.1. The van der Waals surface area contributed by atoms with Crippen molar-refractivity contribution in [3.8, 4) is 5.75 Å². The van der Waals surface area contributed by atoms with Gasteiger partial charge in [-0.1, -0.05) is 6.92 Å². The van der Waals surface area contributed by atoms with Crippen LogP contribution >= 0.6 is 0 Å². The molecule has 1 heterocycles.